The third-order valence-corrected chi connectivity index (χ3v) is 3.82. The predicted octanol–water partition coefficient (Wildman–Crippen LogP) is 3.90. The molecule has 0 unspecified atom stereocenters. The average molecular weight is 269 g/mol. The number of nitrogens with zero attached hydrogens (tertiary/aromatic N) is 1. The molecule has 0 heterocycles. The van der Waals surface area contributed by atoms with Gasteiger partial charge in [-0.05, 0) is 48.4 Å². The van der Waals surface area contributed by atoms with E-state index in [2.05, 4.69) is 18.2 Å². The zero-order chi connectivity index (χ0) is 13.5. The summed E-state index contributed by atoms with van der Waals surface area (Å²) in [5.41, 5.74) is 2.02. The lowest BCUT2D eigenvalue weighted by molar-refractivity contribution is 0.414. The van der Waals surface area contributed by atoms with Gasteiger partial charge in [0.25, 0.3) is 0 Å². The Morgan fingerprint density at radius 2 is 1.74 bits per heavy atom. The van der Waals surface area contributed by atoms with Gasteiger partial charge in [-0.3, -0.25) is 0 Å². The Morgan fingerprint density at radius 3 is 2.32 bits per heavy atom. The molecule has 0 bridgehead atoms. The number of thioether (sulfide) groups is 1. The fraction of sp³-hybridized carbons (Fsp3) is 0.188. The summed E-state index contributed by atoms with van der Waals surface area (Å²) in [4.78, 5) is 1.20. The molecule has 0 atom stereocenters. The Morgan fingerprint density at radius 1 is 1.05 bits per heavy atom. The van der Waals surface area contributed by atoms with Gasteiger partial charge in [0, 0.05) is 10.6 Å². The van der Waals surface area contributed by atoms with Crippen molar-refractivity contribution in [2.45, 2.75) is 11.3 Å². The lowest BCUT2D eigenvalue weighted by Crippen LogP contribution is -1.89. The Balaban J connectivity index is 1.83. The molecule has 2 rings (SSSR count). The van der Waals surface area contributed by atoms with Crippen molar-refractivity contribution in [1.29, 1.82) is 5.26 Å². The summed E-state index contributed by atoms with van der Waals surface area (Å²) in [7, 11) is 1.68. The number of benzene rings is 2. The first-order chi connectivity index (χ1) is 9.31. The van der Waals surface area contributed by atoms with Crippen LogP contribution in [0.15, 0.2) is 53.4 Å². The summed E-state index contributed by atoms with van der Waals surface area (Å²) >= 11 is 1.80. The second-order valence-electron chi connectivity index (χ2n) is 4.08. The average Bonchev–Trinajstić information content (AvgIpc) is 2.49. The minimum absolute atomic E-state index is 0.708. The largest absolute Gasteiger partial charge is 0.497 e. The molecule has 2 aromatic rings. The highest BCUT2D eigenvalue weighted by Gasteiger charge is 1.98. The van der Waals surface area contributed by atoms with Gasteiger partial charge in [-0.25, -0.2) is 0 Å². The van der Waals surface area contributed by atoms with E-state index in [-0.39, 0.29) is 0 Å². The van der Waals surface area contributed by atoms with Gasteiger partial charge in [0.1, 0.15) is 5.75 Å². The molecule has 19 heavy (non-hydrogen) atoms. The second-order valence-corrected chi connectivity index (χ2v) is 5.25. The first kappa shape index (κ1) is 13.5. The van der Waals surface area contributed by atoms with Crippen molar-refractivity contribution in [3.8, 4) is 11.8 Å². The Kier molecular flexibility index (Phi) is 4.88. The Bertz CT molecular complexity index is 555. The standard InChI is InChI=1S/C16H15NOS/c1-18-15-6-2-13(3-7-15)10-11-19-16-8-4-14(12-17)5-9-16/h2-9H,10-11H2,1H3. The summed E-state index contributed by atoms with van der Waals surface area (Å²) in [6.07, 6.45) is 1.02. The van der Waals surface area contributed by atoms with Crippen molar-refractivity contribution in [2.75, 3.05) is 12.9 Å². The molecular weight excluding hydrogens is 254 g/mol. The van der Waals surface area contributed by atoms with Gasteiger partial charge in [-0.1, -0.05) is 12.1 Å². The molecule has 0 aliphatic heterocycles. The molecular formula is C16H15NOS. The van der Waals surface area contributed by atoms with Crippen LogP contribution in [0.4, 0.5) is 0 Å². The van der Waals surface area contributed by atoms with Gasteiger partial charge in [0.05, 0.1) is 18.7 Å². The van der Waals surface area contributed by atoms with Crippen LogP contribution in [0.1, 0.15) is 11.1 Å². The van der Waals surface area contributed by atoms with Crippen LogP contribution in [-0.2, 0) is 6.42 Å². The van der Waals surface area contributed by atoms with E-state index in [9.17, 15) is 0 Å². The molecule has 3 heteroatoms. The van der Waals surface area contributed by atoms with E-state index in [4.69, 9.17) is 10.00 Å². The Hall–Kier alpha value is -1.92. The van der Waals surface area contributed by atoms with Crippen LogP contribution < -0.4 is 4.74 Å². The monoisotopic (exact) mass is 269 g/mol. The van der Waals surface area contributed by atoms with E-state index in [0.29, 0.717) is 5.56 Å². The number of rotatable bonds is 5. The maximum Gasteiger partial charge on any atom is 0.118 e. The summed E-state index contributed by atoms with van der Waals surface area (Å²) in [5.74, 6) is 1.92. The maximum atomic E-state index is 8.73. The van der Waals surface area contributed by atoms with Gasteiger partial charge in [-0.2, -0.15) is 5.26 Å². The molecule has 2 aromatic carbocycles. The molecule has 0 radical (unpaired) electrons. The van der Waals surface area contributed by atoms with Crippen molar-refractivity contribution in [3.05, 3.63) is 59.7 Å². The number of ether oxygens (including phenoxy) is 1. The molecule has 2 nitrogen and oxygen atoms in total. The van der Waals surface area contributed by atoms with E-state index in [1.165, 1.54) is 10.5 Å². The molecule has 0 amide bonds. The van der Waals surface area contributed by atoms with Gasteiger partial charge >= 0.3 is 0 Å². The molecule has 0 spiro atoms. The second kappa shape index (κ2) is 6.86. The van der Waals surface area contributed by atoms with Crippen molar-refractivity contribution < 1.29 is 4.74 Å². The zero-order valence-electron chi connectivity index (χ0n) is 10.8. The lowest BCUT2D eigenvalue weighted by atomic mass is 10.2. The molecule has 96 valence electrons. The van der Waals surface area contributed by atoms with Crippen LogP contribution in [0.25, 0.3) is 0 Å². The van der Waals surface area contributed by atoms with E-state index >= 15 is 0 Å². The van der Waals surface area contributed by atoms with Crippen molar-refractivity contribution >= 4 is 11.8 Å². The normalized spacial score (nSPS) is 9.89. The van der Waals surface area contributed by atoms with Gasteiger partial charge in [0.2, 0.25) is 0 Å². The number of methoxy groups -OCH3 is 1. The number of aryl methyl sites for hydroxylation is 1. The van der Waals surface area contributed by atoms with Crippen LogP contribution in [0.2, 0.25) is 0 Å². The summed E-state index contributed by atoms with van der Waals surface area (Å²) in [5, 5.41) is 8.73. The van der Waals surface area contributed by atoms with Gasteiger partial charge in [-0.15, -0.1) is 11.8 Å². The van der Waals surface area contributed by atoms with Crippen molar-refractivity contribution in [3.63, 3.8) is 0 Å². The molecule has 0 saturated carbocycles. The third kappa shape index (κ3) is 4.04. The zero-order valence-corrected chi connectivity index (χ0v) is 11.6. The topological polar surface area (TPSA) is 33.0 Å². The molecule has 0 saturated heterocycles. The van der Waals surface area contributed by atoms with Crippen LogP contribution in [0, 0.1) is 11.3 Å². The minimum Gasteiger partial charge on any atom is -0.497 e. The fourth-order valence-electron chi connectivity index (χ4n) is 1.70. The summed E-state index contributed by atoms with van der Waals surface area (Å²) in [6, 6.07) is 18.0. The molecule has 0 aromatic heterocycles. The highest BCUT2D eigenvalue weighted by molar-refractivity contribution is 7.99. The number of hydrogen-bond donors (Lipinski definition) is 0. The van der Waals surface area contributed by atoms with E-state index < -0.39 is 0 Å². The van der Waals surface area contributed by atoms with E-state index in [1.54, 1.807) is 18.9 Å². The summed E-state index contributed by atoms with van der Waals surface area (Å²) < 4.78 is 5.13. The van der Waals surface area contributed by atoms with Crippen molar-refractivity contribution in [1.82, 2.24) is 0 Å². The van der Waals surface area contributed by atoms with Crippen LogP contribution in [0.3, 0.4) is 0 Å². The molecule has 0 N–H and O–H groups in total. The van der Waals surface area contributed by atoms with Crippen molar-refractivity contribution in [2.24, 2.45) is 0 Å². The SMILES string of the molecule is COc1ccc(CCSc2ccc(C#N)cc2)cc1. The molecule has 0 fully saturated rings. The van der Waals surface area contributed by atoms with Crippen LogP contribution in [-0.4, -0.2) is 12.9 Å². The molecule has 0 aliphatic rings. The fourth-order valence-corrected chi connectivity index (χ4v) is 2.61. The maximum absolute atomic E-state index is 8.73. The molecule has 0 aliphatic carbocycles. The highest BCUT2D eigenvalue weighted by Crippen LogP contribution is 2.20. The minimum atomic E-state index is 0.708. The first-order valence-electron chi connectivity index (χ1n) is 6.08. The van der Waals surface area contributed by atoms with E-state index in [1.807, 2.05) is 36.4 Å². The van der Waals surface area contributed by atoms with E-state index in [0.717, 1.165) is 17.9 Å². The summed E-state index contributed by atoms with van der Waals surface area (Å²) in [6.45, 7) is 0. The highest BCUT2D eigenvalue weighted by atomic mass is 32.2. The Labute approximate surface area is 118 Å². The van der Waals surface area contributed by atoms with Gasteiger partial charge < -0.3 is 4.74 Å². The van der Waals surface area contributed by atoms with Crippen LogP contribution >= 0.6 is 11.8 Å². The smallest absolute Gasteiger partial charge is 0.118 e. The lowest BCUT2D eigenvalue weighted by Gasteiger charge is -2.04. The quantitative estimate of drug-likeness (QED) is 0.772. The van der Waals surface area contributed by atoms with Crippen LogP contribution in [0.5, 0.6) is 5.75 Å². The number of nitriles is 1. The number of hydrogen-bond acceptors (Lipinski definition) is 3. The first-order valence-corrected chi connectivity index (χ1v) is 7.06. The predicted molar refractivity (Wildman–Crippen MR) is 78.6 cm³/mol. The third-order valence-electron chi connectivity index (χ3n) is 2.80. The van der Waals surface area contributed by atoms with Gasteiger partial charge in [0.15, 0.2) is 0 Å².